The van der Waals surface area contributed by atoms with E-state index in [2.05, 4.69) is 10.3 Å². The number of ether oxygens (including phenoxy) is 1. The minimum atomic E-state index is -3.82. The lowest BCUT2D eigenvalue weighted by Crippen LogP contribution is -2.30. The Balaban J connectivity index is 1.15. The lowest BCUT2D eigenvalue weighted by Gasteiger charge is -2.23. The summed E-state index contributed by atoms with van der Waals surface area (Å²) < 4.78 is 35.0. The predicted octanol–water partition coefficient (Wildman–Crippen LogP) is 8.69. The fraction of sp³-hybridized carbons (Fsp3) is 0.211. The molecule has 0 bridgehead atoms. The molecule has 0 unspecified atom stereocenters. The van der Waals surface area contributed by atoms with Crippen LogP contribution < -0.4 is 5.32 Å². The number of nitrogens with zero attached hydrogens (tertiary/aromatic N) is 2. The van der Waals surface area contributed by atoms with Crippen molar-refractivity contribution in [3.63, 3.8) is 0 Å². The first-order valence-corrected chi connectivity index (χ1v) is 17.1. The van der Waals surface area contributed by atoms with Crippen LogP contribution in [-0.4, -0.2) is 29.9 Å². The first-order chi connectivity index (χ1) is 22.4. The highest BCUT2D eigenvalue weighted by Crippen LogP contribution is 2.27. The van der Waals surface area contributed by atoms with Crippen molar-refractivity contribution < 1.29 is 17.9 Å². The van der Waals surface area contributed by atoms with Crippen molar-refractivity contribution in [3.8, 4) is 22.3 Å². The maximum absolute atomic E-state index is 14.0. The Morgan fingerprint density at radius 3 is 1.91 bits per heavy atom. The van der Waals surface area contributed by atoms with Crippen molar-refractivity contribution in [2.45, 2.75) is 56.2 Å². The zero-order chi connectivity index (χ0) is 31.8. The van der Waals surface area contributed by atoms with E-state index >= 15 is 0 Å². The molecule has 46 heavy (non-hydrogen) atoms. The predicted molar refractivity (Wildman–Crippen MR) is 181 cm³/mol. The van der Waals surface area contributed by atoms with Gasteiger partial charge in [-0.3, -0.25) is 10.3 Å². The second-order valence-electron chi connectivity index (χ2n) is 11.6. The summed E-state index contributed by atoms with van der Waals surface area (Å²) >= 11 is 0. The third-order valence-electron chi connectivity index (χ3n) is 8.28. The molecule has 1 saturated carbocycles. The number of sulfonamides is 1. The number of amides is 1. The third kappa shape index (κ3) is 7.88. The summed E-state index contributed by atoms with van der Waals surface area (Å²) in [6, 6.07) is 36.1. The molecule has 0 atom stereocenters. The molecule has 1 aliphatic carbocycles. The number of pyridine rings is 1. The Kier molecular flexibility index (Phi) is 9.86. The van der Waals surface area contributed by atoms with Crippen LogP contribution in [0.3, 0.4) is 0 Å². The summed E-state index contributed by atoms with van der Waals surface area (Å²) in [4.78, 5) is 16.8. The average Bonchev–Trinajstić information content (AvgIpc) is 3.10. The number of nitrogens with one attached hydrogen (secondary N) is 1. The summed E-state index contributed by atoms with van der Waals surface area (Å²) in [7, 11) is -3.82. The third-order valence-corrected chi connectivity index (χ3v) is 10.1. The molecule has 0 saturated heterocycles. The van der Waals surface area contributed by atoms with Gasteiger partial charge >= 0.3 is 6.09 Å². The van der Waals surface area contributed by atoms with Crippen molar-refractivity contribution in [2.24, 2.45) is 0 Å². The van der Waals surface area contributed by atoms with E-state index in [-0.39, 0.29) is 24.1 Å². The topological polar surface area (TPSA) is 88.6 Å². The van der Waals surface area contributed by atoms with Crippen LogP contribution in [0.15, 0.2) is 133 Å². The molecule has 0 radical (unpaired) electrons. The first-order valence-electron chi connectivity index (χ1n) is 15.7. The molecule has 234 valence electrons. The fourth-order valence-electron chi connectivity index (χ4n) is 5.75. The van der Waals surface area contributed by atoms with E-state index < -0.39 is 16.1 Å². The van der Waals surface area contributed by atoms with E-state index in [1.54, 1.807) is 24.5 Å². The zero-order valence-electron chi connectivity index (χ0n) is 25.6. The number of aromatic nitrogens is 1. The van der Waals surface area contributed by atoms with E-state index in [1.165, 1.54) is 10.7 Å². The van der Waals surface area contributed by atoms with Crippen LogP contribution >= 0.6 is 0 Å². The van der Waals surface area contributed by atoms with E-state index in [4.69, 9.17) is 4.74 Å². The van der Waals surface area contributed by atoms with Gasteiger partial charge in [-0.2, -0.15) is 4.31 Å². The molecule has 1 fully saturated rings. The number of benzene rings is 4. The number of anilines is 1. The fourth-order valence-corrected chi connectivity index (χ4v) is 7.17. The average molecular weight is 632 g/mol. The molecule has 1 aliphatic rings. The van der Waals surface area contributed by atoms with Gasteiger partial charge in [-0.25, -0.2) is 13.2 Å². The molecule has 1 N–H and O–H groups in total. The molecule has 4 aromatic carbocycles. The second kappa shape index (κ2) is 14.5. The van der Waals surface area contributed by atoms with Crippen LogP contribution in [0.1, 0.15) is 43.2 Å². The van der Waals surface area contributed by atoms with Gasteiger partial charge in [0.2, 0.25) is 10.0 Å². The molecule has 8 heteroatoms. The van der Waals surface area contributed by atoms with Gasteiger partial charge in [0.1, 0.15) is 6.10 Å². The zero-order valence-corrected chi connectivity index (χ0v) is 26.4. The smallest absolute Gasteiger partial charge is 0.411 e. The Morgan fingerprint density at radius 1 is 0.696 bits per heavy atom. The Hall–Kier alpha value is -4.79. The number of hydrogen-bond donors (Lipinski definition) is 1. The van der Waals surface area contributed by atoms with Crippen molar-refractivity contribution in [3.05, 3.63) is 139 Å². The first kappa shape index (κ1) is 31.2. The van der Waals surface area contributed by atoms with Crippen molar-refractivity contribution in [1.82, 2.24) is 9.29 Å². The van der Waals surface area contributed by atoms with Crippen LogP contribution in [0.2, 0.25) is 0 Å². The lowest BCUT2D eigenvalue weighted by molar-refractivity contribution is 0.0865. The molecule has 0 aliphatic heterocycles. The molecule has 1 amide bonds. The lowest BCUT2D eigenvalue weighted by atomic mass is 9.98. The summed E-state index contributed by atoms with van der Waals surface area (Å²) in [5, 5.41) is 2.83. The Labute approximate surface area is 271 Å². The highest BCUT2D eigenvalue weighted by molar-refractivity contribution is 7.89. The second-order valence-corrected chi connectivity index (χ2v) is 13.5. The SMILES string of the molecule is O=C(Nc1ccc(-c2ccc(CN(Cc3cccnc3)S(=O)(=O)c3ccc(-c4ccccc4)cc3)cc2)cc1)OC1CCCCC1. The van der Waals surface area contributed by atoms with Crippen LogP contribution in [0, 0.1) is 0 Å². The molecular formula is C38H37N3O4S. The van der Waals surface area contributed by atoms with Gasteiger partial charge in [0.15, 0.2) is 0 Å². The van der Waals surface area contributed by atoms with Crippen LogP contribution in [0.4, 0.5) is 10.5 Å². The highest BCUT2D eigenvalue weighted by Gasteiger charge is 2.25. The quantitative estimate of drug-likeness (QED) is 0.167. The Morgan fingerprint density at radius 2 is 1.28 bits per heavy atom. The minimum absolute atomic E-state index is 0.00185. The van der Waals surface area contributed by atoms with E-state index in [9.17, 15) is 13.2 Å². The van der Waals surface area contributed by atoms with Crippen molar-refractivity contribution >= 4 is 21.8 Å². The Bertz CT molecular complexity index is 1820. The number of carbonyl (C=O) groups is 1. The summed E-state index contributed by atoms with van der Waals surface area (Å²) in [5.74, 6) is 0. The van der Waals surface area contributed by atoms with Gasteiger partial charge in [-0.15, -0.1) is 0 Å². The monoisotopic (exact) mass is 631 g/mol. The van der Waals surface area contributed by atoms with E-state index in [0.717, 1.165) is 59.1 Å². The molecule has 6 rings (SSSR count). The van der Waals surface area contributed by atoms with Gasteiger partial charge in [0, 0.05) is 31.2 Å². The molecule has 1 aromatic heterocycles. The molecule has 5 aromatic rings. The standard InChI is InChI=1S/C38H37N3O4S/c42-38(45-36-11-5-2-6-12-36)40-35-21-17-33(18-22-35)32-15-13-29(14-16-32)27-41(28-30-8-7-25-39-26-30)46(43,44)37-23-19-34(20-24-37)31-9-3-1-4-10-31/h1,3-4,7-10,13-26,36H,2,5-6,11-12,27-28H2,(H,40,42). The van der Waals surface area contributed by atoms with Crippen molar-refractivity contribution in [2.75, 3.05) is 5.32 Å². The van der Waals surface area contributed by atoms with Crippen LogP contribution in [-0.2, 0) is 27.8 Å². The van der Waals surface area contributed by atoms with Crippen LogP contribution in [0.25, 0.3) is 22.3 Å². The minimum Gasteiger partial charge on any atom is -0.446 e. The summed E-state index contributed by atoms with van der Waals surface area (Å²) in [6.45, 7) is 0.389. The largest absolute Gasteiger partial charge is 0.446 e. The molecule has 1 heterocycles. The number of carbonyl (C=O) groups excluding carboxylic acids is 1. The normalized spacial score (nSPS) is 13.8. The molecule has 7 nitrogen and oxygen atoms in total. The van der Waals surface area contributed by atoms with Gasteiger partial charge in [-0.1, -0.05) is 91.3 Å². The van der Waals surface area contributed by atoms with Gasteiger partial charge in [-0.05, 0) is 89.4 Å². The summed E-state index contributed by atoms with van der Waals surface area (Å²) in [5.41, 5.74) is 6.29. The van der Waals surface area contributed by atoms with E-state index in [0.29, 0.717) is 5.69 Å². The summed E-state index contributed by atoms with van der Waals surface area (Å²) in [6.07, 6.45) is 8.22. The molecule has 0 spiro atoms. The van der Waals surface area contributed by atoms with Crippen LogP contribution in [0.5, 0.6) is 0 Å². The maximum atomic E-state index is 14.0. The number of rotatable bonds is 10. The van der Waals surface area contributed by atoms with Crippen molar-refractivity contribution in [1.29, 1.82) is 0 Å². The molecular weight excluding hydrogens is 595 g/mol. The van der Waals surface area contributed by atoms with Gasteiger partial charge in [0.25, 0.3) is 0 Å². The van der Waals surface area contributed by atoms with E-state index in [1.807, 2.05) is 103 Å². The number of hydrogen-bond acceptors (Lipinski definition) is 5. The maximum Gasteiger partial charge on any atom is 0.411 e. The van der Waals surface area contributed by atoms with Gasteiger partial charge < -0.3 is 4.74 Å². The van der Waals surface area contributed by atoms with Gasteiger partial charge in [0.05, 0.1) is 4.90 Å². The highest BCUT2D eigenvalue weighted by atomic mass is 32.2.